The number of phenolic OH excluding ortho intramolecular Hbond substituents is 2. The van der Waals surface area contributed by atoms with Crippen LogP contribution in [-0.2, 0) is 0 Å². The Bertz CT molecular complexity index is 786. The lowest BCUT2D eigenvalue weighted by Gasteiger charge is -2.12. The molecule has 0 spiro atoms. The zero-order valence-corrected chi connectivity index (χ0v) is 16.8. The molecule has 1 saturated carbocycles. The lowest BCUT2D eigenvalue weighted by molar-refractivity contribution is 0.103. The lowest BCUT2D eigenvalue weighted by Crippen LogP contribution is -2.07. The van der Waals surface area contributed by atoms with Crippen LogP contribution in [0.2, 0.25) is 0 Å². The van der Waals surface area contributed by atoms with Crippen LogP contribution in [0.25, 0.3) is 0 Å². The summed E-state index contributed by atoms with van der Waals surface area (Å²) >= 11 is 0. The summed E-state index contributed by atoms with van der Waals surface area (Å²) in [5, 5.41) is 20.2. The first-order valence-corrected chi connectivity index (χ1v) is 9.56. The molecule has 2 aromatic carbocycles. The fourth-order valence-corrected chi connectivity index (χ4v) is 2.61. The molecule has 0 amide bonds. The fraction of sp³-hybridized carbons (Fsp3) is 0.435. The summed E-state index contributed by atoms with van der Waals surface area (Å²) < 4.78 is 5.49. The zero-order valence-electron chi connectivity index (χ0n) is 16.8. The molecule has 1 aliphatic rings. The van der Waals surface area contributed by atoms with Gasteiger partial charge in [-0.15, -0.1) is 0 Å². The Balaban J connectivity index is 0.000000596. The van der Waals surface area contributed by atoms with Gasteiger partial charge in [0.2, 0.25) is 0 Å². The summed E-state index contributed by atoms with van der Waals surface area (Å²) in [6.45, 7) is 10.3. The van der Waals surface area contributed by atoms with Crippen molar-refractivity contribution in [3.8, 4) is 17.2 Å². The van der Waals surface area contributed by atoms with E-state index in [2.05, 4.69) is 20.8 Å². The Morgan fingerprint density at radius 2 is 1.44 bits per heavy atom. The van der Waals surface area contributed by atoms with Crippen molar-refractivity contribution in [2.75, 3.05) is 0 Å². The summed E-state index contributed by atoms with van der Waals surface area (Å²) in [5.74, 6) is 1.24. The van der Waals surface area contributed by atoms with E-state index in [-0.39, 0.29) is 28.7 Å². The molecule has 0 radical (unpaired) electrons. The molecule has 2 N–H and O–H groups in total. The monoisotopic (exact) mass is 370 g/mol. The van der Waals surface area contributed by atoms with E-state index in [1.807, 2.05) is 19.9 Å². The Morgan fingerprint density at radius 3 is 1.89 bits per heavy atom. The maximum absolute atomic E-state index is 12.6. The minimum atomic E-state index is -0.404. The topological polar surface area (TPSA) is 66.8 Å². The van der Waals surface area contributed by atoms with Gasteiger partial charge in [-0.25, -0.2) is 0 Å². The molecular formula is C23H30O4. The number of carbonyl (C=O) groups is 1. The maximum atomic E-state index is 12.6. The predicted molar refractivity (Wildman–Crippen MR) is 108 cm³/mol. The van der Waals surface area contributed by atoms with Gasteiger partial charge in [-0.2, -0.15) is 0 Å². The summed E-state index contributed by atoms with van der Waals surface area (Å²) in [6.07, 6.45) is 2.24. The molecule has 0 unspecified atom stereocenters. The second-order valence-electron chi connectivity index (χ2n) is 7.96. The van der Waals surface area contributed by atoms with E-state index in [1.54, 1.807) is 18.2 Å². The van der Waals surface area contributed by atoms with Gasteiger partial charge < -0.3 is 14.9 Å². The maximum Gasteiger partial charge on any atom is 0.200 e. The quantitative estimate of drug-likeness (QED) is 0.667. The number of rotatable bonds is 5. The highest BCUT2D eigenvalue weighted by atomic mass is 16.5. The van der Waals surface area contributed by atoms with Crippen molar-refractivity contribution >= 4 is 5.78 Å². The molecule has 1 fully saturated rings. The molecule has 27 heavy (non-hydrogen) atoms. The molecule has 4 nitrogen and oxygen atoms in total. The fourth-order valence-electron chi connectivity index (χ4n) is 2.61. The number of ether oxygens (including phenoxy) is 1. The molecule has 0 heterocycles. The molecule has 146 valence electrons. The zero-order chi connectivity index (χ0) is 20.1. The number of hydrogen-bond acceptors (Lipinski definition) is 4. The van der Waals surface area contributed by atoms with E-state index in [4.69, 9.17) is 4.74 Å². The van der Waals surface area contributed by atoms with Crippen molar-refractivity contribution in [1.29, 1.82) is 0 Å². The summed E-state index contributed by atoms with van der Waals surface area (Å²) in [5.41, 5.74) is 1.40. The number of ketones is 1. The standard InChI is InChI=1S/C19H20O4.C4H10/c1-11(2)23-14-6-8-16(18(21)10-14)19(22)15-7-5-13(9-17(15)20)12-3-4-12;1-4(2)3/h5-12,20-21H,3-4H2,1-2H3;4H,1-3H3. The van der Waals surface area contributed by atoms with E-state index in [9.17, 15) is 15.0 Å². The van der Waals surface area contributed by atoms with Crippen molar-refractivity contribution < 1.29 is 19.7 Å². The van der Waals surface area contributed by atoms with Crippen molar-refractivity contribution in [3.63, 3.8) is 0 Å². The van der Waals surface area contributed by atoms with Gasteiger partial charge in [-0.3, -0.25) is 4.79 Å². The van der Waals surface area contributed by atoms with E-state index >= 15 is 0 Å². The third-order valence-corrected chi connectivity index (χ3v) is 3.90. The summed E-state index contributed by atoms with van der Waals surface area (Å²) in [7, 11) is 0. The van der Waals surface area contributed by atoms with Crippen molar-refractivity contribution in [1.82, 2.24) is 0 Å². The third kappa shape index (κ3) is 6.02. The van der Waals surface area contributed by atoms with Crippen LogP contribution in [0.1, 0.15) is 74.9 Å². The molecule has 4 heteroatoms. The molecule has 1 aliphatic carbocycles. The summed E-state index contributed by atoms with van der Waals surface area (Å²) in [6, 6.07) is 9.73. The van der Waals surface area contributed by atoms with Gasteiger partial charge in [0, 0.05) is 6.07 Å². The van der Waals surface area contributed by atoms with Gasteiger partial charge in [0.1, 0.15) is 17.2 Å². The van der Waals surface area contributed by atoms with Gasteiger partial charge in [-0.1, -0.05) is 26.8 Å². The van der Waals surface area contributed by atoms with E-state index in [0.29, 0.717) is 11.7 Å². The van der Waals surface area contributed by atoms with Crippen LogP contribution in [0, 0.1) is 5.92 Å². The van der Waals surface area contributed by atoms with Crippen LogP contribution in [0.3, 0.4) is 0 Å². The van der Waals surface area contributed by atoms with Crippen LogP contribution in [-0.4, -0.2) is 22.1 Å². The number of hydrogen-bond donors (Lipinski definition) is 2. The van der Waals surface area contributed by atoms with E-state index < -0.39 is 5.78 Å². The third-order valence-electron chi connectivity index (χ3n) is 3.90. The first kappa shape index (κ1) is 20.8. The lowest BCUT2D eigenvalue weighted by atomic mass is 9.99. The normalized spacial score (nSPS) is 13.3. The highest BCUT2D eigenvalue weighted by Gasteiger charge is 2.25. The number of aromatic hydroxyl groups is 2. The highest BCUT2D eigenvalue weighted by molar-refractivity contribution is 6.12. The molecule has 2 aromatic rings. The van der Waals surface area contributed by atoms with Gasteiger partial charge in [0.15, 0.2) is 5.78 Å². The van der Waals surface area contributed by atoms with Crippen molar-refractivity contribution in [2.24, 2.45) is 5.92 Å². The SMILES string of the molecule is CC(C)C.CC(C)Oc1ccc(C(=O)c2ccc(C3CC3)cc2O)c(O)c1. The van der Waals surface area contributed by atoms with Gasteiger partial charge in [-0.05, 0) is 68.4 Å². The van der Waals surface area contributed by atoms with Crippen LogP contribution in [0.15, 0.2) is 36.4 Å². The molecule has 3 rings (SSSR count). The first-order valence-electron chi connectivity index (χ1n) is 9.56. The number of benzene rings is 2. The second kappa shape index (κ2) is 8.94. The van der Waals surface area contributed by atoms with Crippen LogP contribution >= 0.6 is 0 Å². The van der Waals surface area contributed by atoms with Crippen LogP contribution in [0.4, 0.5) is 0 Å². The average molecular weight is 370 g/mol. The minimum absolute atomic E-state index is 0.0186. The summed E-state index contributed by atoms with van der Waals surface area (Å²) in [4.78, 5) is 12.6. The van der Waals surface area contributed by atoms with E-state index in [0.717, 1.165) is 24.3 Å². The van der Waals surface area contributed by atoms with Gasteiger partial charge in [0.25, 0.3) is 0 Å². The van der Waals surface area contributed by atoms with Crippen molar-refractivity contribution in [2.45, 2.75) is 59.5 Å². The molecule has 0 aromatic heterocycles. The van der Waals surface area contributed by atoms with Crippen molar-refractivity contribution in [3.05, 3.63) is 53.1 Å². The highest BCUT2D eigenvalue weighted by Crippen LogP contribution is 2.41. The molecule has 0 bridgehead atoms. The second-order valence-corrected chi connectivity index (χ2v) is 7.96. The van der Waals surface area contributed by atoms with E-state index in [1.165, 1.54) is 12.1 Å². The van der Waals surface area contributed by atoms with Gasteiger partial charge >= 0.3 is 0 Å². The largest absolute Gasteiger partial charge is 0.507 e. The average Bonchev–Trinajstić information content (AvgIpc) is 3.38. The van der Waals surface area contributed by atoms with Crippen LogP contribution in [0.5, 0.6) is 17.2 Å². The minimum Gasteiger partial charge on any atom is -0.507 e. The molecule has 0 aliphatic heterocycles. The molecule has 0 atom stereocenters. The smallest absolute Gasteiger partial charge is 0.200 e. The number of carbonyl (C=O) groups excluding carboxylic acids is 1. The predicted octanol–water partition coefficient (Wildman–Crippen LogP) is 5.66. The van der Waals surface area contributed by atoms with Crippen LogP contribution < -0.4 is 4.74 Å². The molecule has 0 saturated heterocycles. The Hall–Kier alpha value is -2.49. The molecular weight excluding hydrogens is 340 g/mol. The van der Waals surface area contributed by atoms with Gasteiger partial charge in [0.05, 0.1) is 17.2 Å². The Labute approximate surface area is 161 Å². The first-order chi connectivity index (χ1) is 12.7. The Kier molecular flexibility index (Phi) is 6.89. The number of phenols is 2. The Morgan fingerprint density at radius 1 is 0.926 bits per heavy atom.